The highest BCUT2D eigenvalue weighted by atomic mass is 19.3. The SMILES string of the molecule is C/C=C(C)\C(=C/C)C1N=C(N)C=C(C2C=C(N(CC)CCN)C=C[C@@H]2C)C1C(C)(F)F. The summed E-state index contributed by atoms with van der Waals surface area (Å²) < 4.78 is 30.3. The number of hydrogen-bond donors (Lipinski definition) is 2. The molecule has 1 aliphatic heterocycles. The average molecular weight is 433 g/mol. The van der Waals surface area contributed by atoms with Crippen molar-refractivity contribution in [3.63, 3.8) is 0 Å². The lowest BCUT2D eigenvalue weighted by atomic mass is 9.70. The highest BCUT2D eigenvalue weighted by Gasteiger charge is 2.47. The maximum absolute atomic E-state index is 15.2. The molecule has 0 bridgehead atoms. The van der Waals surface area contributed by atoms with Gasteiger partial charge in [0, 0.05) is 38.2 Å². The van der Waals surface area contributed by atoms with Crippen LogP contribution >= 0.6 is 0 Å². The van der Waals surface area contributed by atoms with E-state index in [2.05, 4.69) is 42.0 Å². The predicted octanol–water partition coefficient (Wildman–Crippen LogP) is 4.82. The first-order valence-electron chi connectivity index (χ1n) is 11.2. The number of alkyl halides is 2. The number of halogens is 2. The van der Waals surface area contributed by atoms with Gasteiger partial charge in [-0.2, -0.15) is 0 Å². The van der Waals surface area contributed by atoms with Crippen molar-refractivity contribution in [1.29, 1.82) is 0 Å². The number of rotatable bonds is 8. The van der Waals surface area contributed by atoms with Crippen LogP contribution in [0.3, 0.4) is 0 Å². The van der Waals surface area contributed by atoms with Gasteiger partial charge >= 0.3 is 0 Å². The molecule has 4 nitrogen and oxygen atoms in total. The van der Waals surface area contributed by atoms with Crippen LogP contribution in [-0.4, -0.2) is 42.3 Å². The summed E-state index contributed by atoms with van der Waals surface area (Å²) in [6.45, 7) is 12.9. The Hall–Kier alpha value is -2.21. The van der Waals surface area contributed by atoms with Gasteiger partial charge in [-0.3, -0.25) is 4.99 Å². The second kappa shape index (κ2) is 10.4. The molecule has 4 N–H and O–H groups in total. The van der Waals surface area contributed by atoms with Gasteiger partial charge in [-0.1, -0.05) is 36.8 Å². The van der Waals surface area contributed by atoms with Crippen molar-refractivity contribution < 1.29 is 8.78 Å². The van der Waals surface area contributed by atoms with Gasteiger partial charge in [0.2, 0.25) is 0 Å². The zero-order valence-corrected chi connectivity index (χ0v) is 19.7. The smallest absolute Gasteiger partial charge is 0.254 e. The van der Waals surface area contributed by atoms with Crippen LogP contribution in [0.25, 0.3) is 0 Å². The molecule has 172 valence electrons. The number of hydrogen-bond acceptors (Lipinski definition) is 4. The number of dihydropyridines is 1. The summed E-state index contributed by atoms with van der Waals surface area (Å²) in [4.78, 5) is 6.68. The molecule has 0 aromatic rings. The third-order valence-electron chi connectivity index (χ3n) is 6.36. The van der Waals surface area contributed by atoms with E-state index in [1.165, 1.54) is 0 Å². The monoisotopic (exact) mass is 432 g/mol. The van der Waals surface area contributed by atoms with Gasteiger partial charge in [0.15, 0.2) is 0 Å². The first-order chi connectivity index (χ1) is 14.6. The highest BCUT2D eigenvalue weighted by Crippen LogP contribution is 2.46. The molecule has 31 heavy (non-hydrogen) atoms. The van der Waals surface area contributed by atoms with E-state index in [1.807, 2.05) is 32.9 Å². The Morgan fingerprint density at radius 1 is 1.29 bits per heavy atom. The number of aliphatic imine (C=N–C) groups is 1. The number of nitrogens with two attached hydrogens (primary N) is 2. The molecule has 3 unspecified atom stereocenters. The van der Waals surface area contributed by atoms with Crippen molar-refractivity contribution in [3.05, 3.63) is 58.9 Å². The molecule has 4 atom stereocenters. The number of likely N-dealkylation sites (N-methyl/N-ethyl adjacent to an activating group) is 1. The zero-order valence-electron chi connectivity index (χ0n) is 19.7. The van der Waals surface area contributed by atoms with E-state index in [9.17, 15) is 0 Å². The third-order valence-corrected chi connectivity index (χ3v) is 6.36. The van der Waals surface area contributed by atoms with Gasteiger partial charge in [0.25, 0.3) is 5.92 Å². The molecule has 1 heterocycles. The summed E-state index contributed by atoms with van der Waals surface area (Å²) in [5, 5.41) is 0. The van der Waals surface area contributed by atoms with Gasteiger partial charge in [-0.05, 0) is 56.9 Å². The van der Waals surface area contributed by atoms with Gasteiger partial charge in [-0.25, -0.2) is 8.78 Å². The van der Waals surface area contributed by atoms with Gasteiger partial charge in [0.1, 0.15) is 5.84 Å². The van der Waals surface area contributed by atoms with E-state index >= 15 is 8.78 Å². The van der Waals surface area contributed by atoms with Crippen LogP contribution in [0.1, 0.15) is 41.5 Å². The summed E-state index contributed by atoms with van der Waals surface area (Å²) in [5.74, 6) is -3.85. The largest absolute Gasteiger partial charge is 0.384 e. The Morgan fingerprint density at radius 2 is 1.97 bits per heavy atom. The second-order valence-electron chi connectivity index (χ2n) is 8.50. The standard InChI is InChI=1S/C25H38F2N4/c1-7-16(4)19(8-2)24-23(25(6,26)27)21(15-22(29)30-24)20-14-18(11-10-17(20)5)31(9-3)13-12-28/h7-8,10-11,14-15,17,20,23-24H,9,12-13,28H2,1-6H3,(H2,29,30)/b16-7-,19-8+/t17-,20?,23?,24?/m0/s1. The van der Waals surface area contributed by atoms with Crippen LogP contribution < -0.4 is 11.5 Å². The minimum absolute atomic E-state index is 0.0693. The van der Waals surface area contributed by atoms with Crippen molar-refractivity contribution in [3.8, 4) is 0 Å². The summed E-state index contributed by atoms with van der Waals surface area (Å²) in [6, 6.07) is -0.720. The average Bonchev–Trinajstić information content (AvgIpc) is 2.71. The van der Waals surface area contributed by atoms with Crippen molar-refractivity contribution >= 4 is 5.84 Å². The Kier molecular flexibility index (Phi) is 8.41. The summed E-state index contributed by atoms with van der Waals surface area (Å²) in [7, 11) is 0. The molecule has 0 radical (unpaired) electrons. The van der Waals surface area contributed by atoms with Gasteiger partial charge in [-0.15, -0.1) is 0 Å². The lowest BCUT2D eigenvalue weighted by Crippen LogP contribution is -2.43. The fraction of sp³-hybridized carbons (Fsp3) is 0.560. The molecule has 0 aromatic carbocycles. The number of amidine groups is 1. The molecule has 2 rings (SSSR count). The highest BCUT2D eigenvalue weighted by molar-refractivity contribution is 5.93. The quantitative estimate of drug-likeness (QED) is 0.540. The van der Waals surface area contributed by atoms with Crippen LogP contribution in [0.2, 0.25) is 0 Å². The Balaban J connectivity index is 2.60. The Labute approximate surface area is 186 Å². The number of nitrogens with zero attached hydrogens (tertiary/aromatic N) is 2. The molecule has 2 aliphatic rings. The predicted molar refractivity (Wildman–Crippen MR) is 127 cm³/mol. The van der Waals surface area contributed by atoms with E-state index in [0.717, 1.165) is 36.9 Å². The molecule has 0 aromatic heterocycles. The molecular formula is C25H38F2N4. The van der Waals surface area contributed by atoms with Crippen molar-refractivity contribution in [2.75, 3.05) is 19.6 Å². The van der Waals surface area contributed by atoms with Crippen LogP contribution in [0, 0.1) is 17.8 Å². The molecular weight excluding hydrogens is 394 g/mol. The maximum Gasteiger partial charge on any atom is 0.254 e. The molecule has 0 spiro atoms. The zero-order chi connectivity index (χ0) is 23.3. The van der Waals surface area contributed by atoms with E-state index < -0.39 is 17.9 Å². The minimum Gasteiger partial charge on any atom is -0.384 e. The van der Waals surface area contributed by atoms with E-state index in [4.69, 9.17) is 11.5 Å². The normalized spacial score (nSPS) is 27.6. The fourth-order valence-corrected chi connectivity index (χ4v) is 4.63. The number of allylic oxidation sites excluding steroid dienone is 5. The van der Waals surface area contributed by atoms with Gasteiger partial charge < -0.3 is 16.4 Å². The lowest BCUT2D eigenvalue weighted by molar-refractivity contribution is -0.0335. The summed E-state index contributed by atoms with van der Waals surface area (Å²) >= 11 is 0. The van der Waals surface area contributed by atoms with Crippen molar-refractivity contribution in [2.24, 2.45) is 34.2 Å². The molecule has 0 fully saturated rings. The summed E-state index contributed by atoms with van der Waals surface area (Å²) in [5.41, 5.74) is 15.4. The topological polar surface area (TPSA) is 67.6 Å². The third kappa shape index (κ3) is 5.53. The van der Waals surface area contributed by atoms with E-state index in [-0.39, 0.29) is 11.8 Å². The molecule has 1 aliphatic carbocycles. The molecule has 0 saturated heterocycles. The van der Waals surface area contributed by atoms with E-state index in [1.54, 1.807) is 6.08 Å². The summed E-state index contributed by atoms with van der Waals surface area (Å²) in [6.07, 6.45) is 11.7. The van der Waals surface area contributed by atoms with E-state index in [0.29, 0.717) is 18.0 Å². The van der Waals surface area contributed by atoms with Crippen LogP contribution in [0.15, 0.2) is 63.9 Å². The van der Waals surface area contributed by atoms with Crippen LogP contribution in [0.4, 0.5) is 8.78 Å². The molecule has 6 heteroatoms. The second-order valence-corrected chi connectivity index (χ2v) is 8.50. The first-order valence-corrected chi connectivity index (χ1v) is 11.2. The fourth-order valence-electron chi connectivity index (χ4n) is 4.63. The first kappa shape index (κ1) is 25.1. The Bertz CT molecular complexity index is 827. The Morgan fingerprint density at radius 3 is 2.48 bits per heavy atom. The van der Waals surface area contributed by atoms with Gasteiger partial charge in [0.05, 0.1) is 12.0 Å². The minimum atomic E-state index is -2.96. The van der Waals surface area contributed by atoms with Crippen LogP contribution in [0.5, 0.6) is 0 Å². The van der Waals surface area contributed by atoms with Crippen molar-refractivity contribution in [1.82, 2.24) is 4.90 Å². The molecule has 0 saturated carbocycles. The maximum atomic E-state index is 15.2. The van der Waals surface area contributed by atoms with Crippen LogP contribution in [-0.2, 0) is 0 Å². The lowest BCUT2D eigenvalue weighted by Gasteiger charge is -2.40. The van der Waals surface area contributed by atoms with Crippen molar-refractivity contribution in [2.45, 2.75) is 53.5 Å². The molecule has 0 amide bonds.